The molecule has 2 fully saturated rings. The van der Waals surface area contributed by atoms with Crippen molar-refractivity contribution in [2.24, 2.45) is 11.3 Å². The van der Waals surface area contributed by atoms with E-state index >= 15 is 0 Å². The predicted octanol–water partition coefficient (Wildman–Crippen LogP) is 0.431. The number of nitrogens with zero attached hydrogens (tertiary/aromatic N) is 3. The van der Waals surface area contributed by atoms with E-state index in [2.05, 4.69) is 15.0 Å². The average Bonchev–Trinajstić information content (AvgIpc) is 2.92. The van der Waals surface area contributed by atoms with Crippen LogP contribution in [0.15, 0.2) is 10.6 Å². The summed E-state index contributed by atoms with van der Waals surface area (Å²) in [6, 6.07) is 1.91. The lowest BCUT2D eigenvalue weighted by atomic mass is 9.81. The molecule has 0 spiro atoms. The molecule has 6 nitrogen and oxygen atoms in total. The highest BCUT2D eigenvalue weighted by Crippen LogP contribution is 2.42. The molecule has 2 atom stereocenters. The normalized spacial score (nSPS) is 31.8. The second-order valence-corrected chi connectivity index (χ2v) is 5.96. The first kappa shape index (κ1) is 12.6. The van der Waals surface area contributed by atoms with Crippen LogP contribution in [0.2, 0.25) is 0 Å². The Morgan fingerprint density at radius 2 is 2.37 bits per heavy atom. The SMILES string of the molecule is Cc1cc(CN2C[C@@H]3CN(C)C[C@]3(C(=O)O)C2)on1. The van der Waals surface area contributed by atoms with Gasteiger partial charge in [0, 0.05) is 38.2 Å². The monoisotopic (exact) mass is 265 g/mol. The summed E-state index contributed by atoms with van der Waals surface area (Å²) in [7, 11) is 1.99. The van der Waals surface area contributed by atoms with Gasteiger partial charge in [0.05, 0.1) is 17.7 Å². The molecule has 0 saturated carbocycles. The number of likely N-dealkylation sites (tertiary alicyclic amines) is 2. The molecule has 3 heterocycles. The van der Waals surface area contributed by atoms with Crippen molar-refractivity contribution in [1.82, 2.24) is 15.0 Å². The van der Waals surface area contributed by atoms with Crippen LogP contribution in [0.3, 0.4) is 0 Å². The van der Waals surface area contributed by atoms with Crippen molar-refractivity contribution in [2.45, 2.75) is 13.5 Å². The Kier molecular flexibility index (Phi) is 2.87. The zero-order valence-electron chi connectivity index (χ0n) is 11.3. The minimum absolute atomic E-state index is 0.207. The van der Waals surface area contributed by atoms with E-state index < -0.39 is 11.4 Å². The van der Waals surface area contributed by atoms with Gasteiger partial charge in [-0.15, -0.1) is 0 Å². The smallest absolute Gasteiger partial charge is 0.312 e. The molecule has 0 radical (unpaired) electrons. The minimum Gasteiger partial charge on any atom is -0.481 e. The number of aryl methyl sites for hydroxylation is 1. The van der Waals surface area contributed by atoms with Gasteiger partial charge >= 0.3 is 5.97 Å². The summed E-state index contributed by atoms with van der Waals surface area (Å²) in [5, 5.41) is 13.5. The maximum absolute atomic E-state index is 11.7. The molecule has 3 rings (SSSR count). The molecule has 0 amide bonds. The molecule has 2 aliphatic heterocycles. The number of aromatic nitrogens is 1. The largest absolute Gasteiger partial charge is 0.481 e. The summed E-state index contributed by atoms with van der Waals surface area (Å²) in [5.74, 6) is 0.350. The third kappa shape index (κ3) is 2.04. The van der Waals surface area contributed by atoms with Crippen LogP contribution in [0.4, 0.5) is 0 Å². The summed E-state index contributed by atoms with van der Waals surface area (Å²) in [6.45, 7) is 5.44. The van der Waals surface area contributed by atoms with Crippen LogP contribution >= 0.6 is 0 Å². The van der Waals surface area contributed by atoms with Gasteiger partial charge in [0.25, 0.3) is 0 Å². The molecular formula is C13H19N3O3. The van der Waals surface area contributed by atoms with Gasteiger partial charge in [-0.25, -0.2) is 0 Å². The van der Waals surface area contributed by atoms with E-state index in [-0.39, 0.29) is 5.92 Å². The molecule has 0 bridgehead atoms. The van der Waals surface area contributed by atoms with Gasteiger partial charge in [-0.2, -0.15) is 0 Å². The lowest BCUT2D eigenvalue weighted by Gasteiger charge is -2.23. The third-order valence-electron chi connectivity index (χ3n) is 4.33. The Hall–Kier alpha value is -1.40. The molecular weight excluding hydrogens is 246 g/mol. The quantitative estimate of drug-likeness (QED) is 0.854. The van der Waals surface area contributed by atoms with E-state index in [4.69, 9.17) is 4.52 Å². The van der Waals surface area contributed by atoms with Crippen LogP contribution in [0.5, 0.6) is 0 Å². The van der Waals surface area contributed by atoms with Gasteiger partial charge in [-0.3, -0.25) is 9.69 Å². The van der Waals surface area contributed by atoms with Gasteiger partial charge in [-0.1, -0.05) is 5.16 Å². The average molecular weight is 265 g/mol. The first-order valence-corrected chi connectivity index (χ1v) is 6.56. The summed E-state index contributed by atoms with van der Waals surface area (Å²) in [6.07, 6.45) is 0. The molecule has 2 saturated heterocycles. The van der Waals surface area contributed by atoms with Crippen molar-refractivity contribution >= 4 is 5.97 Å². The molecule has 19 heavy (non-hydrogen) atoms. The van der Waals surface area contributed by atoms with Crippen molar-refractivity contribution in [1.29, 1.82) is 0 Å². The van der Waals surface area contributed by atoms with Crippen molar-refractivity contribution in [2.75, 3.05) is 33.2 Å². The zero-order valence-corrected chi connectivity index (χ0v) is 11.3. The highest BCUT2D eigenvalue weighted by atomic mass is 16.5. The third-order valence-corrected chi connectivity index (χ3v) is 4.33. The first-order valence-electron chi connectivity index (χ1n) is 6.56. The Balaban J connectivity index is 1.74. The highest BCUT2D eigenvalue weighted by molar-refractivity contribution is 5.77. The molecule has 0 aromatic carbocycles. The van der Waals surface area contributed by atoms with E-state index in [1.807, 2.05) is 20.0 Å². The van der Waals surface area contributed by atoms with Crippen molar-refractivity contribution in [3.63, 3.8) is 0 Å². The zero-order chi connectivity index (χ0) is 13.6. The molecule has 1 aromatic heterocycles. The Morgan fingerprint density at radius 1 is 1.58 bits per heavy atom. The Labute approximate surface area is 112 Å². The Morgan fingerprint density at radius 3 is 2.95 bits per heavy atom. The fourth-order valence-electron chi connectivity index (χ4n) is 3.55. The molecule has 1 aromatic rings. The van der Waals surface area contributed by atoms with E-state index in [1.165, 1.54) is 0 Å². The summed E-state index contributed by atoms with van der Waals surface area (Å²) >= 11 is 0. The number of rotatable bonds is 3. The van der Waals surface area contributed by atoms with Crippen molar-refractivity contribution in [3.8, 4) is 0 Å². The number of carbonyl (C=O) groups is 1. The van der Waals surface area contributed by atoms with Gasteiger partial charge in [-0.05, 0) is 14.0 Å². The van der Waals surface area contributed by atoms with Crippen LogP contribution in [0.1, 0.15) is 11.5 Å². The van der Waals surface area contributed by atoms with Gasteiger partial charge in [0.15, 0.2) is 5.76 Å². The second kappa shape index (κ2) is 4.31. The maximum atomic E-state index is 11.7. The molecule has 104 valence electrons. The lowest BCUT2D eigenvalue weighted by Crippen LogP contribution is -2.40. The second-order valence-electron chi connectivity index (χ2n) is 5.96. The number of aliphatic carboxylic acids is 1. The predicted molar refractivity (Wildman–Crippen MR) is 67.6 cm³/mol. The number of fused-ring (bicyclic) bond motifs is 1. The molecule has 0 aliphatic carbocycles. The number of hydrogen-bond acceptors (Lipinski definition) is 5. The van der Waals surface area contributed by atoms with E-state index in [0.29, 0.717) is 19.6 Å². The van der Waals surface area contributed by atoms with Crippen molar-refractivity contribution < 1.29 is 14.4 Å². The fraction of sp³-hybridized carbons (Fsp3) is 0.692. The minimum atomic E-state index is -0.668. The number of carboxylic acids is 1. The first-order chi connectivity index (χ1) is 8.99. The van der Waals surface area contributed by atoms with E-state index in [1.54, 1.807) is 0 Å². The molecule has 6 heteroatoms. The van der Waals surface area contributed by atoms with E-state index in [0.717, 1.165) is 24.5 Å². The van der Waals surface area contributed by atoms with E-state index in [9.17, 15) is 9.90 Å². The van der Waals surface area contributed by atoms with Crippen LogP contribution in [-0.2, 0) is 11.3 Å². The lowest BCUT2D eigenvalue weighted by molar-refractivity contribution is -0.148. The van der Waals surface area contributed by atoms with Crippen LogP contribution in [0.25, 0.3) is 0 Å². The summed E-state index contributed by atoms with van der Waals surface area (Å²) < 4.78 is 5.21. The van der Waals surface area contributed by atoms with Crippen LogP contribution in [-0.4, -0.2) is 59.3 Å². The van der Waals surface area contributed by atoms with Gasteiger partial charge < -0.3 is 14.5 Å². The summed E-state index contributed by atoms with van der Waals surface area (Å²) in [5.41, 5.74) is 0.256. The Bertz CT molecular complexity index is 501. The molecule has 0 unspecified atom stereocenters. The fourth-order valence-corrected chi connectivity index (χ4v) is 3.55. The van der Waals surface area contributed by atoms with Gasteiger partial charge in [0.2, 0.25) is 0 Å². The molecule has 2 aliphatic rings. The standard InChI is InChI=1S/C13H19N3O3/c1-9-3-11(19-14-9)6-16-5-10-4-15(2)7-13(10,8-16)12(17)18/h3,10H,4-8H2,1-2H3,(H,17,18)/t10-,13-/m0/s1. The number of carboxylic acid groups (broad SMARTS) is 1. The van der Waals surface area contributed by atoms with Gasteiger partial charge in [0.1, 0.15) is 0 Å². The van der Waals surface area contributed by atoms with Crippen molar-refractivity contribution in [3.05, 3.63) is 17.5 Å². The summed E-state index contributed by atoms with van der Waals surface area (Å²) in [4.78, 5) is 16.0. The molecule has 1 N–H and O–H groups in total. The van der Waals surface area contributed by atoms with Crippen LogP contribution in [0, 0.1) is 18.3 Å². The maximum Gasteiger partial charge on any atom is 0.312 e. The number of hydrogen-bond donors (Lipinski definition) is 1. The highest BCUT2D eigenvalue weighted by Gasteiger charge is 2.56. The van der Waals surface area contributed by atoms with Crippen LogP contribution < -0.4 is 0 Å². The topological polar surface area (TPSA) is 69.8 Å².